The van der Waals surface area contributed by atoms with Crippen molar-refractivity contribution in [3.63, 3.8) is 0 Å². The summed E-state index contributed by atoms with van der Waals surface area (Å²) in [6, 6.07) is 4.72. The van der Waals surface area contributed by atoms with Crippen molar-refractivity contribution in [2.24, 2.45) is 0 Å². The molecule has 0 spiro atoms. The van der Waals surface area contributed by atoms with Gasteiger partial charge in [0, 0.05) is 0 Å². The maximum Gasteiger partial charge on any atom is 0.123 e. The third-order valence-electron chi connectivity index (χ3n) is 2.64. The molecule has 0 amide bonds. The molecular weight excluding hydrogens is 167 g/mol. The fraction of sp³-hybridized carbons (Fsp3) is 0.455. The Morgan fingerprint density at radius 1 is 1.31 bits per heavy atom. The molecule has 0 fully saturated rings. The summed E-state index contributed by atoms with van der Waals surface area (Å²) in [6.45, 7) is 0. The van der Waals surface area contributed by atoms with Gasteiger partial charge in [0.05, 0.1) is 6.10 Å². The van der Waals surface area contributed by atoms with Crippen molar-refractivity contribution in [1.29, 1.82) is 0 Å². The third-order valence-corrected chi connectivity index (χ3v) is 2.64. The van der Waals surface area contributed by atoms with Crippen LogP contribution in [0.1, 0.15) is 36.5 Å². The first-order chi connectivity index (χ1) is 6.27. The van der Waals surface area contributed by atoms with Crippen molar-refractivity contribution in [3.05, 3.63) is 35.1 Å². The summed E-state index contributed by atoms with van der Waals surface area (Å²) in [7, 11) is 0. The molecule has 0 radical (unpaired) electrons. The average molecular weight is 180 g/mol. The molecule has 13 heavy (non-hydrogen) atoms. The second kappa shape index (κ2) is 3.46. The van der Waals surface area contributed by atoms with Crippen LogP contribution in [-0.2, 0) is 6.42 Å². The van der Waals surface area contributed by atoms with E-state index in [1.165, 1.54) is 12.1 Å². The van der Waals surface area contributed by atoms with Gasteiger partial charge in [0.1, 0.15) is 5.82 Å². The lowest BCUT2D eigenvalue weighted by atomic mass is 10.0. The molecule has 1 aliphatic rings. The molecule has 0 aromatic heterocycles. The van der Waals surface area contributed by atoms with E-state index in [9.17, 15) is 9.50 Å². The number of hydrogen-bond donors (Lipinski definition) is 1. The van der Waals surface area contributed by atoms with E-state index in [1.807, 2.05) is 0 Å². The van der Waals surface area contributed by atoms with E-state index in [1.54, 1.807) is 6.07 Å². The van der Waals surface area contributed by atoms with Crippen molar-refractivity contribution in [3.8, 4) is 0 Å². The fourth-order valence-electron chi connectivity index (χ4n) is 1.91. The van der Waals surface area contributed by atoms with Crippen molar-refractivity contribution < 1.29 is 9.50 Å². The van der Waals surface area contributed by atoms with Crippen LogP contribution in [0.15, 0.2) is 18.2 Å². The van der Waals surface area contributed by atoms with Gasteiger partial charge in [-0.1, -0.05) is 12.5 Å². The van der Waals surface area contributed by atoms with Crippen LogP contribution >= 0.6 is 0 Å². The molecule has 0 aliphatic heterocycles. The lowest BCUT2D eigenvalue weighted by molar-refractivity contribution is 0.166. The molecule has 70 valence electrons. The molecule has 0 heterocycles. The highest BCUT2D eigenvalue weighted by atomic mass is 19.1. The standard InChI is InChI=1S/C11H13FO/c12-9-6-5-8-3-1-2-4-11(13)10(8)7-9/h5-7,11,13H,1-4H2/t11-/m0/s1. The number of fused-ring (bicyclic) bond motifs is 1. The zero-order valence-electron chi connectivity index (χ0n) is 7.46. The molecule has 0 bridgehead atoms. The molecule has 1 aromatic carbocycles. The minimum atomic E-state index is -0.465. The summed E-state index contributed by atoms with van der Waals surface area (Å²) in [5, 5.41) is 9.70. The number of rotatable bonds is 0. The highest BCUT2D eigenvalue weighted by molar-refractivity contribution is 5.30. The fourth-order valence-corrected chi connectivity index (χ4v) is 1.91. The summed E-state index contributed by atoms with van der Waals surface area (Å²) in [6.07, 6.45) is 3.38. The van der Waals surface area contributed by atoms with Gasteiger partial charge in [-0.05, 0) is 42.5 Å². The molecular formula is C11H13FO. The van der Waals surface area contributed by atoms with E-state index < -0.39 is 6.10 Å². The maximum atomic E-state index is 12.9. The summed E-state index contributed by atoms with van der Waals surface area (Å²) < 4.78 is 12.9. The largest absolute Gasteiger partial charge is 0.388 e. The van der Waals surface area contributed by atoms with Gasteiger partial charge in [0.15, 0.2) is 0 Å². The van der Waals surface area contributed by atoms with E-state index in [0.29, 0.717) is 0 Å². The Morgan fingerprint density at radius 2 is 2.15 bits per heavy atom. The van der Waals surface area contributed by atoms with Gasteiger partial charge < -0.3 is 5.11 Å². The molecule has 0 unspecified atom stereocenters. The minimum Gasteiger partial charge on any atom is -0.388 e. The first kappa shape index (κ1) is 8.70. The molecule has 1 nitrogen and oxygen atoms in total. The number of halogens is 1. The van der Waals surface area contributed by atoms with Crippen molar-refractivity contribution in [2.45, 2.75) is 31.8 Å². The van der Waals surface area contributed by atoms with Crippen LogP contribution in [0.2, 0.25) is 0 Å². The van der Waals surface area contributed by atoms with Gasteiger partial charge in [0.25, 0.3) is 0 Å². The highest BCUT2D eigenvalue weighted by Gasteiger charge is 2.16. The Labute approximate surface area is 77.2 Å². The van der Waals surface area contributed by atoms with Gasteiger partial charge in [-0.15, -0.1) is 0 Å². The normalized spacial score (nSPS) is 22.2. The average Bonchev–Trinajstić information content (AvgIpc) is 2.29. The molecule has 1 aromatic rings. The van der Waals surface area contributed by atoms with Gasteiger partial charge in [0.2, 0.25) is 0 Å². The second-order valence-electron chi connectivity index (χ2n) is 3.60. The van der Waals surface area contributed by atoms with E-state index in [4.69, 9.17) is 0 Å². The lowest BCUT2D eigenvalue weighted by Gasteiger charge is -2.10. The topological polar surface area (TPSA) is 20.2 Å². The zero-order chi connectivity index (χ0) is 9.26. The summed E-state index contributed by atoms with van der Waals surface area (Å²) in [5.74, 6) is -0.250. The smallest absolute Gasteiger partial charge is 0.123 e. The Kier molecular flexibility index (Phi) is 2.32. The summed E-state index contributed by atoms with van der Waals surface area (Å²) in [4.78, 5) is 0. The molecule has 2 heteroatoms. The van der Waals surface area contributed by atoms with Crippen LogP contribution in [0, 0.1) is 5.82 Å². The zero-order valence-corrected chi connectivity index (χ0v) is 7.46. The summed E-state index contributed by atoms with van der Waals surface area (Å²) >= 11 is 0. The Morgan fingerprint density at radius 3 is 3.00 bits per heavy atom. The number of hydrogen-bond acceptors (Lipinski definition) is 1. The number of aliphatic hydroxyl groups excluding tert-OH is 1. The van der Waals surface area contributed by atoms with Crippen molar-refractivity contribution in [1.82, 2.24) is 0 Å². The van der Waals surface area contributed by atoms with Crippen LogP contribution in [0.25, 0.3) is 0 Å². The Bertz CT molecular complexity index is 309. The van der Waals surface area contributed by atoms with Gasteiger partial charge in [-0.3, -0.25) is 0 Å². The molecule has 1 atom stereocenters. The van der Waals surface area contributed by atoms with Crippen molar-refractivity contribution >= 4 is 0 Å². The van der Waals surface area contributed by atoms with E-state index in [0.717, 1.165) is 36.8 Å². The van der Waals surface area contributed by atoms with E-state index >= 15 is 0 Å². The van der Waals surface area contributed by atoms with Gasteiger partial charge in [-0.25, -0.2) is 4.39 Å². The SMILES string of the molecule is O[C@H]1CCCCc2ccc(F)cc21. The molecule has 1 aliphatic carbocycles. The lowest BCUT2D eigenvalue weighted by Crippen LogP contribution is -1.99. The highest BCUT2D eigenvalue weighted by Crippen LogP contribution is 2.28. The van der Waals surface area contributed by atoms with Gasteiger partial charge in [-0.2, -0.15) is 0 Å². The molecule has 0 saturated heterocycles. The maximum absolute atomic E-state index is 12.9. The predicted octanol–water partition coefficient (Wildman–Crippen LogP) is 2.59. The first-order valence-corrected chi connectivity index (χ1v) is 4.74. The minimum absolute atomic E-state index is 0.250. The third kappa shape index (κ3) is 1.73. The van der Waals surface area contributed by atoms with E-state index in [-0.39, 0.29) is 5.82 Å². The molecule has 2 rings (SSSR count). The van der Waals surface area contributed by atoms with Crippen LogP contribution in [-0.4, -0.2) is 5.11 Å². The monoisotopic (exact) mass is 180 g/mol. The van der Waals surface area contributed by atoms with Crippen molar-refractivity contribution in [2.75, 3.05) is 0 Å². The number of aryl methyl sites for hydroxylation is 1. The Hall–Kier alpha value is -0.890. The van der Waals surface area contributed by atoms with Gasteiger partial charge >= 0.3 is 0 Å². The first-order valence-electron chi connectivity index (χ1n) is 4.74. The molecule has 1 N–H and O–H groups in total. The predicted molar refractivity (Wildman–Crippen MR) is 48.9 cm³/mol. The number of benzene rings is 1. The molecule has 0 saturated carbocycles. The van der Waals surface area contributed by atoms with E-state index in [2.05, 4.69) is 0 Å². The second-order valence-corrected chi connectivity index (χ2v) is 3.60. The Balaban J connectivity index is 2.43. The number of aliphatic hydroxyl groups is 1. The quantitative estimate of drug-likeness (QED) is 0.608. The van der Waals surface area contributed by atoms with Crippen LogP contribution in [0.4, 0.5) is 4.39 Å². The van der Waals surface area contributed by atoms with Crippen LogP contribution < -0.4 is 0 Å². The van der Waals surface area contributed by atoms with Crippen LogP contribution in [0.5, 0.6) is 0 Å². The summed E-state index contributed by atoms with van der Waals surface area (Å²) in [5.41, 5.74) is 1.89. The van der Waals surface area contributed by atoms with Crippen LogP contribution in [0.3, 0.4) is 0 Å².